The van der Waals surface area contributed by atoms with Gasteiger partial charge >= 0.3 is 5.69 Å². The van der Waals surface area contributed by atoms with Crippen molar-refractivity contribution in [2.45, 2.75) is 32.1 Å². The number of hydrogen-bond donors (Lipinski definition) is 0. The van der Waals surface area contributed by atoms with E-state index in [0.29, 0.717) is 39.4 Å². The zero-order valence-corrected chi connectivity index (χ0v) is 20.4. The Morgan fingerprint density at radius 1 is 0.943 bits per heavy atom. The molecule has 2 heterocycles. The van der Waals surface area contributed by atoms with Gasteiger partial charge in [-0.2, -0.15) is 0 Å². The van der Waals surface area contributed by atoms with Crippen LogP contribution in [-0.4, -0.2) is 20.8 Å². The number of Topliss-reactive ketones (excluding diaryl/α,β-unsaturated/α-hetero) is 1. The predicted molar refractivity (Wildman–Crippen MR) is 135 cm³/mol. The van der Waals surface area contributed by atoms with Gasteiger partial charge < -0.3 is 0 Å². The lowest BCUT2D eigenvalue weighted by atomic mass is 9.81. The molecule has 5 rings (SSSR count). The van der Waals surface area contributed by atoms with Gasteiger partial charge in [0, 0.05) is 48.2 Å². The highest BCUT2D eigenvalue weighted by Crippen LogP contribution is 2.51. The molecule has 0 fully saturated rings. The Morgan fingerprint density at radius 3 is 2.26 bits per heavy atom. The van der Waals surface area contributed by atoms with Crippen molar-refractivity contribution in [3.05, 3.63) is 102 Å². The van der Waals surface area contributed by atoms with E-state index in [2.05, 4.69) is 0 Å². The third-order valence-electron chi connectivity index (χ3n) is 6.80. The molecule has 1 aliphatic carbocycles. The quantitative estimate of drug-likeness (QED) is 0.554. The fourth-order valence-corrected chi connectivity index (χ4v) is 5.22. The number of ketones is 1. The first kappa shape index (κ1) is 23.1. The molecule has 1 aliphatic heterocycles. The number of fused-ring (bicyclic) bond motifs is 3. The number of carbonyl (C=O) groups excluding carboxylic acids is 2. The van der Waals surface area contributed by atoms with Gasteiger partial charge in [0.15, 0.2) is 5.78 Å². The maximum Gasteiger partial charge on any atom is 0.332 e. The lowest BCUT2D eigenvalue weighted by Gasteiger charge is -2.36. The number of benzene rings is 2. The summed E-state index contributed by atoms with van der Waals surface area (Å²) in [5, 5.41) is 0.518. The third kappa shape index (κ3) is 3.33. The molecule has 0 N–H and O–H groups in total. The Labute approximate surface area is 206 Å². The van der Waals surface area contributed by atoms with Crippen LogP contribution in [0.1, 0.15) is 59.2 Å². The summed E-state index contributed by atoms with van der Waals surface area (Å²) in [6.45, 7) is 1.98. The van der Waals surface area contributed by atoms with Crippen molar-refractivity contribution < 1.29 is 9.59 Å². The summed E-state index contributed by atoms with van der Waals surface area (Å²) in [5.41, 5.74) is 1.73. The van der Waals surface area contributed by atoms with Crippen LogP contribution in [0.2, 0.25) is 5.02 Å². The van der Waals surface area contributed by atoms with E-state index < -0.39 is 17.2 Å². The van der Waals surface area contributed by atoms with Crippen LogP contribution in [0.15, 0.2) is 63.7 Å². The van der Waals surface area contributed by atoms with Gasteiger partial charge in [-0.05, 0) is 24.1 Å². The van der Waals surface area contributed by atoms with Gasteiger partial charge in [-0.15, -0.1) is 0 Å². The fraction of sp³-hybridized carbons (Fsp3) is 0.259. The Bertz CT molecular complexity index is 1550. The maximum atomic E-state index is 13.8. The van der Waals surface area contributed by atoms with Crippen molar-refractivity contribution in [3.63, 3.8) is 0 Å². The normalized spacial score (nSPS) is 16.3. The van der Waals surface area contributed by atoms with Gasteiger partial charge in [0.1, 0.15) is 5.82 Å². The van der Waals surface area contributed by atoms with E-state index in [1.165, 1.54) is 16.5 Å². The number of carbonyl (C=O) groups is 2. The number of unbranched alkanes of at least 4 members (excludes halogenated alkanes) is 1. The first-order valence-electron chi connectivity index (χ1n) is 11.5. The van der Waals surface area contributed by atoms with Crippen LogP contribution in [0.3, 0.4) is 0 Å². The SMILES string of the molecule is CCCCC(=O)N1C2=C(C(=O)c3ccccc32)[C@@H](c2ccc(Cl)cc2)c2c1n(C)c(=O)n(C)c2=O. The van der Waals surface area contributed by atoms with Crippen molar-refractivity contribution in [2.24, 2.45) is 14.1 Å². The first-order chi connectivity index (χ1) is 16.8. The third-order valence-corrected chi connectivity index (χ3v) is 7.06. The minimum absolute atomic E-state index is 0.211. The van der Waals surface area contributed by atoms with Gasteiger partial charge in [-0.1, -0.05) is 61.3 Å². The molecule has 0 spiro atoms. The summed E-state index contributed by atoms with van der Waals surface area (Å²) in [6.07, 6.45) is 1.66. The van der Waals surface area contributed by atoms with Gasteiger partial charge in [-0.25, -0.2) is 4.79 Å². The van der Waals surface area contributed by atoms with Crippen LogP contribution in [0.25, 0.3) is 5.70 Å². The van der Waals surface area contributed by atoms with Gasteiger partial charge in [0.25, 0.3) is 5.56 Å². The first-order valence-corrected chi connectivity index (χ1v) is 11.9. The molecule has 178 valence electrons. The van der Waals surface area contributed by atoms with Crippen LogP contribution in [0.5, 0.6) is 0 Å². The average molecular weight is 490 g/mol. The van der Waals surface area contributed by atoms with Crippen molar-refractivity contribution >= 4 is 34.8 Å². The van der Waals surface area contributed by atoms with E-state index in [1.54, 1.807) is 49.5 Å². The highest BCUT2D eigenvalue weighted by molar-refractivity contribution is 6.30. The Hall–Kier alpha value is -3.71. The molecule has 1 aromatic heterocycles. The number of amides is 1. The van der Waals surface area contributed by atoms with E-state index in [-0.39, 0.29) is 29.5 Å². The number of hydrogen-bond acceptors (Lipinski definition) is 4. The fourth-order valence-electron chi connectivity index (χ4n) is 5.10. The van der Waals surface area contributed by atoms with Crippen molar-refractivity contribution in [2.75, 3.05) is 4.90 Å². The predicted octanol–water partition coefficient (Wildman–Crippen LogP) is 4.01. The molecule has 0 saturated heterocycles. The zero-order chi connectivity index (χ0) is 25.0. The summed E-state index contributed by atoms with van der Waals surface area (Å²) < 4.78 is 2.35. The number of nitrogens with zero attached hydrogens (tertiary/aromatic N) is 3. The number of halogens is 1. The van der Waals surface area contributed by atoms with E-state index in [4.69, 9.17) is 11.6 Å². The van der Waals surface area contributed by atoms with E-state index in [9.17, 15) is 19.2 Å². The van der Waals surface area contributed by atoms with Gasteiger partial charge in [-0.3, -0.25) is 28.4 Å². The molecule has 3 aromatic rings. The molecule has 0 bridgehead atoms. The smallest absolute Gasteiger partial charge is 0.289 e. The Balaban J connectivity index is 1.93. The zero-order valence-electron chi connectivity index (χ0n) is 19.7. The molecule has 0 unspecified atom stereocenters. The highest BCUT2D eigenvalue weighted by Gasteiger charge is 2.47. The second-order valence-corrected chi connectivity index (χ2v) is 9.33. The number of rotatable bonds is 4. The lowest BCUT2D eigenvalue weighted by molar-refractivity contribution is -0.118. The van der Waals surface area contributed by atoms with Crippen LogP contribution in [0, 0.1) is 0 Å². The van der Waals surface area contributed by atoms with Crippen LogP contribution >= 0.6 is 11.6 Å². The Morgan fingerprint density at radius 2 is 1.60 bits per heavy atom. The molecule has 7 nitrogen and oxygen atoms in total. The highest BCUT2D eigenvalue weighted by atomic mass is 35.5. The van der Waals surface area contributed by atoms with Crippen LogP contribution in [-0.2, 0) is 18.9 Å². The van der Waals surface area contributed by atoms with Crippen molar-refractivity contribution in [1.82, 2.24) is 9.13 Å². The van der Waals surface area contributed by atoms with E-state index in [0.717, 1.165) is 11.0 Å². The number of aromatic nitrogens is 2. The standard InChI is InChI=1S/C27H24ClN3O4/c1-4-5-10-19(32)31-23-17-8-6-7-9-18(17)24(33)21(23)20(15-11-13-16(28)14-12-15)22-25(31)29(2)27(35)30(3)26(22)34/h6-9,11-14,20H,4-5,10H2,1-3H3/t20-/m1/s1. The summed E-state index contributed by atoms with van der Waals surface area (Å²) >= 11 is 6.14. The molecular formula is C27H24ClN3O4. The Kier molecular flexibility index (Phi) is 5.60. The van der Waals surface area contributed by atoms with E-state index >= 15 is 0 Å². The molecule has 1 atom stereocenters. The maximum absolute atomic E-state index is 13.8. The lowest BCUT2D eigenvalue weighted by Crippen LogP contribution is -2.47. The molecule has 0 saturated carbocycles. The van der Waals surface area contributed by atoms with Crippen LogP contribution < -0.4 is 16.1 Å². The molecular weight excluding hydrogens is 466 g/mol. The summed E-state index contributed by atoms with van der Waals surface area (Å²) in [5.74, 6) is -1.05. The summed E-state index contributed by atoms with van der Waals surface area (Å²) in [7, 11) is 2.95. The average Bonchev–Trinajstić information content (AvgIpc) is 3.16. The minimum Gasteiger partial charge on any atom is -0.289 e. The number of allylic oxidation sites excluding steroid dienone is 1. The monoisotopic (exact) mass is 489 g/mol. The summed E-state index contributed by atoms with van der Waals surface area (Å²) in [4.78, 5) is 55.6. The van der Waals surface area contributed by atoms with Crippen LogP contribution in [0.4, 0.5) is 5.82 Å². The molecule has 2 aromatic carbocycles. The van der Waals surface area contributed by atoms with Crippen molar-refractivity contribution in [3.8, 4) is 0 Å². The topological polar surface area (TPSA) is 81.4 Å². The van der Waals surface area contributed by atoms with Gasteiger partial charge in [0.05, 0.1) is 11.3 Å². The molecule has 0 radical (unpaired) electrons. The van der Waals surface area contributed by atoms with E-state index in [1.807, 2.05) is 13.0 Å². The minimum atomic E-state index is -0.766. The van der Waals surface area contributed by atoms with Gasteiger partial charge in [0.2, 0.25) is 5.91 Å². The summed E-state index contributed by atoms with van der Waals surface area (Å²) in [6, 6.07) is 14.1. The molecule has 1 amide bonds. The number of anilines is 1. The second-order valence-electron chi connectivity index (χ2n) is 8.90. The second kappa shape index (κ2) is 8.50. The molecule has 2 aliphatic rings. The molecule has 35 heavy (non-hydrogen) atoms. The molecule has 8 heteroatoms. The largest absolute Gasteiger partial charge is 0.332 e. The van der Waals surface area contributed by atoms with Crippen molar-refractivity contribution in [1.29, 1.82) is 0 Å².